The highest BCUT2D eigenvalue weighted by Crippen LogP contribution is 2.24. The van der Waals surface area contributed by atoms with E-state index < -0.39 is 0 Å². The summed E-state index contributed by atoms with van der Waals surface area (Å²) < 4.78 is 1.91. The van der Waals surface area contributed by atoms with E-state index in [-0.39, 0.29) is 17.5 Å². The van der Waals surface area contributed by atoms with Crippen molar-refractivity contribution in [1.29, 1.82) is 5.26 Å². The Kier molecular flexibility index (Phi) is 5.32. The van der Waals surface area contributed by atoms with Crippen LogP contribution in [0, 0.1) is 11.3 Å². The molecule has 2 aromatic rings. The second-order valence-corrected chi connectivity index (χ2v) is 7.55. The molecule has 1 aromatic carbocycles. The van der Waals surface area contributed by atoms with Crippen molar-refractivity contribution >= 4 is 17.5 Å². The van der Waals surface area contributed by atoms with Gasteiger partial charge in [0.05, 0.1) is 16.9 Å². The summed E-state index contributed by atoms with van der Waals surface area (Å²) in [6.45, 7) is 3.68. The zero-order valence-corrected chi connectivity index (χ0v) is 16.5. The maximum atomic E-state index is 13.1. The number of imidazole rings is 1. The number of carbonyl (C=O) groups excluding carboxylic acids is 2. The number of nitrogens with zero attached hydrogens (tertiary/aromatic N) is 5. The van der Waals surface area contributed by atoms with Gasteiger partial charge in [0.15, 0.2) is 11.5 Å². The molecule has 2 aliphatic rings. The minimum atomic E-state index is -0.379. The van der Waals surface area contributed by atoms with Gasteiger partial charge in [-0.1, -0.05) is 12.1 Å². The van der Waals surface area contributed by atoms with Gasteiger partial charge in [-0.25, -0.2) is 4.98 Å². The minimum absolute atomic E-state index is 0.113. The van der Waals surface area contributed by atoms with Gasteiger partial charge in [0.1, 0.15) is 6.07 Å². The fourth-order valence-electron chi connectivity index (χ4n) is 3.91. The zero-order chi connectivity index (χ0) is 20.4. The van der Waals surface area contributed by atoms with Gasteiger partial charge in [-0.15, -0.1) is 0 Å². The number of aromatic nitrogens is 2. The van der Waals surface area contributed by atoms with Crippen LogP contribution in [0.2, 0.25) is 0 Å². The molecule has 0 unspecified atom stereocenters. The number of piperazine rings is 1. The maximum Gasteiger partial charge on any atom is 0.289 e. The van der Waals surface area contributed by atoms with E-state index in [0.29, 0.717) is 43.1 Å². The number of para-hydroxylation sites is 1. The van der Waals surface area contributed by atoms with Gasteiger partial charge in [0, 0.05) is 32.7 Å². The molecule has 2 amide bonds. The average molecular weight is 392 g/mol. The third-order valence-corrected chi connectivity index (χ3v) is 5.61. The fourth-order valence-corrected chi connectivity index (χ4v) is 3.91. The van der Waals surface area contributed by atoms with E-state index in [1.54, 1.807) is 24.3 Å². The Hall–Kier alpha value is -3.18. The summed E-state index contributed by atoms with van der Waals surface area (Å²) in [5.41, 5.74) is 1.93. The molecule has 3 heterocycles. The van der Waals surface area contributed by atoms with E-state index in [1.807, 2.05) is 16.5 Å². The monoisotopic (exact) mass is 392 g/mol. The topological polar surface area (TPSA) is 94.3 Å². The van der Waals surface area contributed by atoms with Crippen molar-refractivity contribution in [1.82, 2.24) is 19.4 Å². The first kappa shape index (κ1) is 19.2. The van der Waals surface area contributed by atoms with Gasteiger partial charge in [-0.2, -0.15) is 5.26 Å². The standard InChI is InChI=1S/C21H24N6O2/c1-25-10-12-26(13-11-25)21(29)19-24-18(17-8-4-5-9-27(17)19)20(28)23-16-7-3-2-6-15(16)14-22/h2-3,6-7H,4-5,8-13H2,1H3,(H,23,28). The molecule has 1 saturated heterocycles. The normalized spacial score (nSPS) is 16.8. The highest BCUT2D eigenvalue weighted by molar-refractivity contribution is 6.05. The van der Waals surface area contributed by atoms with Crippen molar-refractivity contribution in [2.24, 2.45) is 0 Å². The molecule has 0 aliphatic carbocycles. The van der Waals surface area contributed by atoms with Crippen molar-refractivity contribution in [2.45, 2.75) is 25.8 Å². The molecule has 0 spiro atoms. The summed E-state index contributed by atoms with van der Waals surface area (Å²) in [4.78, 5) is 34.6. The van der Waals surface area contributed by atoms with Gasteiger partial charge in [-0.05, 0) is 38.4 Å². The van der Waals surface area contributed by atoms with Crippen molar-refractivity contribution in [2.75, 3.05) is 38.5 Å². The third-order valence-electron chi connectivity index (χ3n) is 5.61. The number of nitriles is 1. The summed E-state index contributed by atoms with van der Waals surface area (Å²) in [5.74, 6) is -0.142. The van der Waals surface area contributed by atoms with Crippen LogP contribution in [0.5, 0.6) is 0 Å². The number of benzene rings is 1. The van der Waals surface area contributed by atoms with Crippen LogP contribution in [-0.2, 0) is 13.0 Å². The minimum Gasteiger partial charge on any atom is -0.333 e. The summed E-state index contributed by atoms with van der Waals surface area (Å²) in [6.07, 6.45) is 2.64. The molecule has 0 atom stereocenters. The Morgan fingerprint density at radius 3 is 2.62 bits per heavy atom. The number of anilines is 1. The highest BCUT2D eigenvalue weighted by Gasteiger charge is 2.31. The van der Waals surface area contributed by atoms with E-state index in [2.05, 4.69) is 21.3 Å². The van der Waals surface area contributed by atoms with Crippen LogP contribution in [0.15, 0.2) is 24.3 Å². The molecular weight excluding hydrogens is 368 g/mol. The van der Waals surface area contributed by atoms with E-state index in [9.17, 15) is 14.9 Å². The van der Waals surface area contributed by atoms with Gasteiger partial charge in [0.25, 0.3) is 11.8 Å². The molecule has 1 fully saturated rings. The maximum absolute atomic E-state index is 13.1. The lowest BCUT2D eigenvalue weighted by molar-refractivity contribution is 0.0645. The second kappa shape index (κ2) is 8.05. The molecule has 0 radical (unpaired) electrons. The number of nitrogens with one attached hydrogen (secondary N) is 1. The summed E-state index contributed by atoms with van der Waals surface area (Å²) in [7, 11) is 2.04. The molecule has 2 aliphatic heterocycles. The number of amides is 2. The molecule has 150 valence electrons. The molecule has 29 heavy (non-hydrogen) atoms. The first-order valence-electron chi connectivity index (χ1n) is 9.96. The van der Waals surface area contributed by atoms with Crippen molar-refractivity contribution in [3.05, 3.63) is 47.0 Å². The van der Waals surface area contributed by atoms with E-state index in [4.69, 9.17) is 0 Å². The first-order valence-corrected chi connectivity index (χ1v) is 9.96. The van der Waals surface area contributed by atoms with Crippen LogP contribution in [0.3, 0.4) is 0 Å². The van der Waals surface area contributed by atoms with Crippen molar-refractivity contribution in [3.8, 4) is 6.07 Å². The molecule has 8 heteroatoms. The third kappa shape index (κ3) is 3.74. The van der Waals surface area contributed by atoms with Crippen LogP contribution in [0.25, 0.3) is 0 Å². The molecule has 0 saturated carbocycles. The predicted molar refractivity (Wildman–Crippen MR) is 108 cm³/mol. The van der Waals surface area contributed by atoms with E-state index in [0.717, 1.165) is 31.6 Å². The zero-order valence-electron chi connectivity index (χ0n) is 16.5. The fraction of sp³-hybridized carbons (Fsp3) is 0.429. The Balaban J connectivity index is 1.63. The molecule has 0 bridgehead atoms. The number of carbonyl (C=O) groups is 2. The van der Waals surface area contributed by atoms with Crippen LogP contribution in [0.4, 0.5) is 5.69 Å². The molecule has 4 rings (SSSR count). The lowest BCUT2D eigenvalue weighted by Crippen LogP contribution is -2.47. The molecular formula is C21H24N6O2. The van der Waals surface area contributed by atoms with Crippen LogP contribution < -0.4 is 5.32 Å². The second-order valence-electron chi connectivity index (χ2n) is 7.55. The van der Waals surface area contributed by atoms with Crippen molar-refractivity contribution in [3.63, 3.8) is 0 Å². The van der Waals surface area contributed by atoms with Gasteiger partial charge in [-0.3, -0.25) is 9.59 Å². The summed E-state index contributed by atoms with van der Waals surface area (Å²) in [5, 5.41) is 12.1. The smallest absolute Gasteiger partial charge is 0.289 e. The number of hydrogen-bond donors (Lipinski definition) is 1. The Labute approximate surface area is 169 Å². The first-order chi connectivity index (χ1) is 14.1. The summed E-state index contributed by atoms with van der Waals surface area (Å²) in [6, 6.07) is 8.94. The molecule has 1 aromatic heterocycles. The lowest BCUT2D eigenvalue weighted by atomic mass is 10.1. The predicted octanol–water partition coefficient (Wildman–Crippen LogP) is 1.73. The highest BCUT2D eigenvalue weighted by atomic mass is 16.2. The van der Waals surface area contributed by atoms with Crippen molar-refractivity contribution < 1.29 is 9.59 Å². The summed E-state index contributed by atoms with van der Waals surface area (Å²) >= 11 is 0. The lowest BCUT2D eigenvalue weighted by Gasteiger charge is -2.32. The quantitative estimate of drug-likeness (QED) is 0.859. The van der Waals surface area contributed by atoms with Crippen LogP contribution in [-0.4, -0.2) is 64.4 Å². The average Bonchev–Trinajstić information content (AvgIpc) is 3.14. The van der Waals surface area contributed by atoms with Crippen LogP contribution in [0.1, 0.15) is 45.2 Å². The van der Waals surface area contributed by atoms with Gasteiger partial charge >= 0.3 is 0 Å². The number of likely N-dealkylation sites (N-methyl/N-ethyl adjacent to an activating group) is 1. The Morgan fingerprint density at radius 2 is 1.86 bits per heavy atom. The number of hydrogen-bond acceptors (Lipinski definition) is 5. The largest absolute Gasteiger partial charge is 0.333 e. The molecule has 8 nitrogen and oxygen atoms in total. The van der Waals surface area contributed by atoms with E-state index >= 15 is 0 Å². The Morgan fingerprint density at radius 1 is 1.10 bits per heavy atom. The number of rotatable bonds is 3. The number of fused-ring (bicyclic) bond motifs is 1. The SMILES string of the molecule is CN1CCN(C(=O)c2nc(C(=O)Nc3ccccc3C#N)c3n2CCCC3)CC1. The van der Waals surface area contributed by atoms with E-state index in [1.165, 1.54) is 0 Å². The van der Waals surface area contributed by atoms with Gasteiger partial charge in [0.2, 0.25) is 0 Å². The van der Waals surface area contributed by atoms with Crippen LogP contribution >= 0.6 is 0 Å². The van der Waals surface area contributed by atoms with Gasteiger partial charge < -0.3 is 19.7 Å². The Bertz CT molecular complexity index is 982. The molecule has 1 N–H and O–H groups in total.